The average Bonchev–Trinajstić information content (AvgIpc) is 3.07. The number of hydrogen-bond donors (Lipinski definition) is 2. The lowest BCUT2D eigenvalue weighted by Crippen LogP contribution is -2.46. The first kappa shape index (κ1) is 24.0. The second-order valence-corrected chi connectivity index (χ2v) is 7.41. The first-order valence-electron chi connectivity index (χ1n) is 9.52. The highest BCUT2D eigenvalue weighted by Gasteiger charge is 2.31. The Kier molecular flexibility index (Phi) is 7.89. The number of aromatic nitrogens is 2. The number of hydrogen-bond acceptors (Lipinski definition) is 4. The first-order valence-corrected chi connectivity index (χ1v) is 9.52. The molecule has 0 fully saturated rings. The molecule has 0 aliphatic carbocycles. The molecule has 0 radical (unpaired) electrons. The van der Waals surface area contributed by atoms with Crippen molar-refractivity contribution in [2.24, 2.45) is 5.92 Å². The van der Waals surface area contributed by atoms with Crippen molar-refractivity contribution in [2.75, 3.05) is 6.54 Å². The van der Waals surface area contributed by atoms with E-state index in [0.29, 0.717) is 17.8 Å². The fourth-order valence-corrected chi connectivity index (χ4v) is 3.12. The van der Waals surface area contributed by atoms with Crippen molar-refractivity contribution in [3.8, 4) is 5.75 Å². The maximum Gasteiger partial charge on any atom is 0.573 e. The highest BCUT2D eigenvalue weighted by molar-refractivity contribution is 5.79. The number of aliphatic carboxylic acids is 1. The number of alkyl halides is 3. The average molecular weight is 443 g/mol. The van der Waals surface area contributed by atoms with Gasteiger partial charge in [0.15, 0.2) is 0 Å². The van der Waals surface area contributed by atoms with Crippen LogP contribution in [0.1, 0.15) is 31.5 Å². The van der Waals surface area contributed by atoms with Gasteiger partial charge in [0.25, 0.3) is 0 Å². The predicted molar refractivity (Wildman–Crippen MR) is 104 cm³/mol. The van der Waals surface area contributed by atoms with E-state index in [-0.39, 0.29) is 31.1 Å². The van der Waals surface area contributed by atoms with Crippen LogP contribution in [0.4, 0.5) is 18.0 Å². The molecule has 1 amide bonds. The van der Waals surface area contributed by atoms with E-state index in [0.717, 1.165) is 4.90 Å². The molecule has 0 aliphatic rings. The van der Waals surface area contributed by atoms with E-state index in [9.17, 15) is 33.0 Å². The van der Waals surface area contributed by atoms with Crippen molar-refractivity contribution in [1.29, 1.82) is 0 Å². The largest absolute Gasteiger partial charge is 0.573 e. The van der Waals surface area contributed by atoms with Crippen LogP contribution in [-0.4, -0.2) is 55.7 Å². The number of carboxylic acid groups (broad SMARTS) is 2. The lowest BCUT2D eigenvalue weighted by Gasteiger charge is -2.27. The summed E-state index contributed by atoms with van der Waals surface area (Å²) >= 11 is 0. The molecule has 31 heavy (non-hydrogen) atoms. The summed E-state index contributed by atoms with van der Waals surface area (Å²) in [6, 6.07) is 4.22. The summed E-state index contributed by atoms with van der Waals surface area (Å²) in [6.45, 7) is 3.89. The van der Waals surface area contributed by atoms with Crippen LogP contribution in [0.15, 0.2) is 36.8 Å². The normalized spacial score (nSPS) is 12.6. The van der Waals surface area contributed by atoms with Gasteiger partial charge in [-0.25, -0.2) is 14.6 Å². The molecule has 0 bridgehead atoms. The van der Waals surface area contributed by atoms with Gasteiger partial charge in [-0.3, -0.25) is 4.90 Å². The molecule has 2 rings (SSSR count). The molecule has 0 saturated heterocycles. The van der Waals surface area contributed by atoms with E-state index in [2.05, 4.69) is 9.72 Å². The quantitative estimate of drug-likeness (QED) is 0.578. The zero-order chi connectivity index (χ0) is 23.2. The van der Waals surface area contributed by atoms with Crippen LogP contribution in [0.3, 0.4) is 0 Å². The lowest BCUT2D eigenvalue weighted by atomic mass is 10.0. The molecule has 1 aromatic carbocycles. The van der Waals surface area contributed by atoms with Gasteiger partial charge in [0.2, 0.25) is 0 Å². The molecule has 2 N–H and O–H groups in total. The van der Waals surface area contributed by atoms with Gasteiger partial charge in [-0.2, -0.15) is 0 Å². The molecule has 11 heteroatoms. The maximum atomic E-state index is 12.3. The second kappa shape index (κ2) is 10.2. The Hall–Kier alpha value is -3.24. The van der Waals surface area contributed by atoms with E-state index in [1.807, 2.05) is 13.8 Å². The van der Waals surface area contributed by atoms with Gasteiger partial charge in [-0.15, -0.1) is 13.2 Å². The van der Waals surface area contributed by atoms with Crippen molar-refractivity contribution in [2.45, 2.75) is 45.6 Å². The third-order valence-corrected chi connectivity index (χ3v) is 4.52. The molecule has 1 atom stereocenters. The van der Waals surface area contributed by atoms with E-state index >= 15 is 0 Å². The fourth-order valence-electron chi connectivity index (χ4n) is 3.12. The standard InChI is InChI=1S/C20H24F3N3O5/c1-13(2)9-17(18(27)28)26(19(29)30)8-7-15-10-24-12-25(15)11-14-3-5-16(6-4-14)31-20(21,22)23/h3-6,10,12-13,17H,7-9,11H2,1-2H3,(H,27,28)(H,29,30). The van der Waals surface area contributed by atoms with Gasteiger partial charge >= 0.3 is 18.4 Å². The number of amides is 1. The Morgan fingerprint density at radius 3 is 2.35 bits per heavy atom. The maximum absolute atomic E-state index is 12.3. The number of rotatable bonds is 10. The Morgan fingerprint density at radius 1 is 1.19 bits per heavy atom. The monoisotopic (exact) mass is 443 g/mol. The zero-order valence-corrected chi connectivity index (χ0v) is 17.0. The van der Waals surface area contributed by atoms with Crippen LogP contribution in [0.5, 0.6) is 5.75 Å². The molecule has 2 aromatic rings. The third kappa shape index (κ3) is 7.50. The summed E-state index contributed by atoms with van der Waals surface area (Å²) in [5.41, 5.74) is 1.35. The van der Waals surface area contributed by atoms with Crippen molar-refractivity contribution in [3.63, 3.8) is 0 Å². The minimum absolute atomic E-state index is 0.00206. The number of carbonyl (C=O) groups is 2. The molecule has 0 saturated carbocycles. The van der Waals surface area contributed by atoms with Gasteiger partial charge in [-0.05, 0) is 30.0 Å². The summed E-state index contributed by atoms with van der Waals surface area (Å²) in [5.74, 6) is -1.53. The van der Waals surface area contributed by atoms with Crippen LogP contribution < -0.4 is 4.74 Å². The summed E-state index contributed by atoms with van der Waals surface area (Å²) in [4.78, 5) is 28.2. The van der Waals surface area contributed by atoms with Crippen LogP contribution in [0.2, 0.25) is 0 Å². The molecule has 170 valence electrons. The molecule has 8 nitrogen and oxygen atoms in total. The summed E-state index contributed by atoms with van der Waals surface area (Å²) < 4.78 is 42.4. The number of imidazole rings is 1. The SMILES string of the molecule is CC(C)CC(C(=O)O)N(CCc1cncn1Cc1ccc(OC(F)(F)F)cc1)C(=O)O. The molecule has 1 unspecified atom stereocenters. The molecular formula is C20H24F3N3O5. The summed E-state index contributed by atoms with van der Waals surface area (Å²) in [6.07, 6.45) is -2.61. The van der Waals surface area contributed by atoms with Crippen LogP contribution in [-0.2, 0) is 17.8 Å². The minimum Gasteiger partial charge on any atom is -0.480 e. The highest BCUT2D eigenvalue weighted by Crippen LogP contribution is 2.23. The number of carboxylic acids is 1. The van der Waals surface area contributed by atoms with E-state index in [1.54, 1.807) is 10.8 Å². The molecule has 1 aromatic heterocycles. The molecule has 0 aliphatic heterocycles. The Bertz CT molecular complexity index is 881. The smallest absolute Gasteiger partial charge is 0.480 e. The summed E-state index contributed by atoms with van der Waals surface area (Å²) in [7, 11) is 0. The molecule has 0 spiro atoms. The van der Waals surface area contributed by atoms with Crippen LogP contribution >= 0.6 is 0 Å². The van der Waals surface area contributed by atoms with Crippen molar-refractivity contribution >= 4 is 12.1 Å². The van der Waals surface area contributed by atoms with Gasteiger partial charge in [0.1, 0.15) is 11.8 Å². The van der Waals surface area contributed by atoms with Crippen molar-refractivity contribution in [3.05, 3.63) is 48.0 Å². The minimum atomic E-state index is -4.77. The van der Waals surface area contributed by atoms with Crippen molar-refractivity contribution in [1.82, 2.24) is 14.5 Å². The van der Waals surface area contributed by atoms with Crippen molar-refractivity contribution < 1.29 is 37.7 Å². The fraction of sp³-hybridized carbons (Fsp3) is 0.450. The Labute approximate surface area is 176 Å². The number of ether oxygens (including phenoxy) is 1. The van der Waals surface area contributed by atoms with E-state index < -0.39 is 24.5 Å². The summed E-state index contributed by atoms with van der Waals surface area (Å²) in [5, 5.41) is 18.9. The Balaban J connectivity index is 2.07. The second-order valence-electron chi connectivity index (χ2n) is 7.41. The molecular weight excluding hydrogens is 419 g/mol. The van der Waals surface area contributed by atoms with E-state index in [4.69, 9.17) is 0 Å². The zero-order valence-electron chi connectivity index (χ0n) is 17.0. The van der Waals surface area contributed by atoms with E-state index in [1.165, 1.54) is 30.6 Å². The van der Waals surface area contributed by atoms with Crippen LogP contribution in [0, 0.1) is 5.92 Å². The van der Waals surface area contributed by atoms with Gasteiger partial charge in [-0.1, -0.05) is 26.0 Å². The first-order chi connectivity index (χ1) is 14.5. The number of halogens is 3. The highest BCUT2D eigenvalue weighted by atomic mass is 19.4. The third-order valence-electron chi connectivity index (χ3n) is 4.52. The van der Waals surface area contributed by atoms with Gasteiger partial charge in [0.05, 0.1) is 6.33 Å². The Morgan fingerprint density at radius 2 is 1.84 bits per heavy atom. The van der Waals surface area contributed by atoms with Gasteiger partial charge in [0, 0.05) is 31.4 Å². The molecule has 1 heterocycles. The topological polar surface area (TPSA) is 105 Å². The number of nitrogens with zero attached hydrogens (tertiary/aromatic N) is 3. The predicted octanol–water partition coefficient (Wildman–Crippen LogP) is 3.85. The lowest BCUT2D eigenvalue weighted by molar-refractivity contribution is -0.274. The van der Waals surface area contributed by atoms with Crippen LogP contribution in [0.25, 0.3) is 0 Å². The number of benzene rings is 1. The van der Waals surface area contributed by atoms with Gasteiger partial charge < -0.3 is 19.5 Å².